The van der Waals surface area contributed by atoms with Crippen LogP contribution < -0.4 is 4.90 Å². The molecule has 0 saturated carbocycles. The molecule has 2 nitrogen and oxygen atoms in total. The highest BCUT2D eigenvalue weighted by atomic mass is 15.2. The van der Waals surface area contributed by atoms with Crippen LogP contribution >= 0.6 is 0 Å². The van der Waals surface area contributed by atoms with Crippen molar-refractivity contribution in [1.29, 1.82) is 0 Å². The monoisotopic (exact) mass is 358 g/mol. The van der Waals surface area contributed by atoms with E-state index < -0.39 is 0 Å². The van der Waals surface area contributed by atoms with Crippen molar-refractivity contribution in [3.05, 3.63) is 106 Å². The number of anilines is 3. The minimum absolute atomic E-state index is 0.916. The first-order valence-electron chi connectivity index (χ1n) is 9.96. The van der Waals surface area contributed by atoms with Crippen LogP contribution in [0.25, 0.3) is 11.1 Å². The summed E-state index contributed by atoms with van der Waals surface area (Å²) >= 11 is 0. The van der Waals surface area contributed by atoms with Crippen molar-refractivity contribution in [3.63, 3.8) is 0 Å². The zero-order chi connectivity index (χ0) is 18.2. The normalized spacial score (nSPS) is 14.6. The Balaban J connectivity index is 1.53. The Hall–Kier alpha value is -3.39. The lowest BCUT2D eigenvalue weighted by molar-refractivity contribution is 0.959. The maximum absolute atomic E-state index is 4.75. The summed E-state index contributed by atoms with van der Waals surface area (Å²) < 4.78 is 0. The quantitative estimate of drug-likeness (QED) is 0.334. The molecule has 3 aromatic carbocycles. The van der Waals surface area contributed by atoms with E-state index in [4.69, 9.17) is 4.98 Å². The van der Waals surface area contributed by atoms with Crippen molar-refractivity contribution in [2.45, 2.75) is 19.3 Å². The second kappa shape index (κ2) is 5.11. The molecule has 1 aliphatic carbocycles. The highest BCUT2D eigenvalue weighted by molar-refractivity contribution is 5.91. The van der Waals surface area contributed by atoms with Crippen molar-refractivity contribution in [2.24, 2.45) is 0 Å². The summed E-state index contributed by atoms with van der Waals surface area (Å²) in [6, 6.07) is 24.7. The van der Waals surface area contributed by atoms with Crippen LogP contribution in [0.2, 0.25) is 0 Å². The van der Waals surface area contributed by atoms with E-state index in [1.807, 2.05) is 6.20 Å². The van der Waals surface area contributed by atoms with E-state index in [-0.39, 0.29) is 0 Å². The van der Waals surface area contributed by atoms with Crippen LogP contribution in [-0.4, -0.2) is 4.98 Å². The average Bonchev–Trinajstić information content (AvgIpc) is 3.09. The van der Waals surface area contributed by atoms with Crippen LogP contribution in [0.1, 0.15) is 33.5 Å². The van der Waals surface area contributed by atoms with E-state index in [1.54, 1.807) is 0 Å². The Labute approximate surface area is 164 Å². The molecule has 0 fully saturated rings. The molecule has 0 N–H and O–H groups in total. The molecular formula is C26H18N2. The zero-order valence-electron chi connectivity index (χ0n) is 15.4. The standard InChI is InChI=1S/C26H18N2/c1-3-7-21-16(5-1)11-19-13-20-12-18-9-10-27-23-14-17-6-2-4-8-24(17)28(26(18)23)25(20)15-22(19)21/h1-10,13,15H,11-12,14H2. The summed E-state index contributed by atoms with van der Waals surface area (Å²) in [4.78, 5) is 7.22. The maximum atomic E-state index is 4.75. The summed E-state index contributed by atoms with van der Waals surface area (Å²) in [5.74, 6) is 0. The molecule has 0 amide bonds. The smallest absolute Gasteiger partial charge is 0.0716 e. The lowest BCUT2D eigenvalue weighted by Crippen LogP contribution is -2.25. The molecule has 3 heterocycles. The van der Waals surface area contributed by atoms with Gasteiger partial charge in [-0.3, -0.25) is 4.98 Å². The van der Waals surface area contributed by atoms with Gasteiger partial charge >= 0.3 is 0 Å². The third-order valence-electron chi connectivity index (χ3n) is 6.51. The Morgan fingerprint density at radius 3 is 2.39 bits per heavy atom. The minimum Gasteiger partial charge on any atom is -0.308 e. The fourth-order valence-electron chi connectivity index (χ4n) is 5.30. The summed E-state index contributed by atoms with van der Waals surface area (Å²) in [5, 5.41) is 0. The van der Waals surface area contributed by atoms with Gasteiger partial charge in [-0.25, -0.2) is 0 Å². The molecule has 4 aromatic rings. The first kappa shape index (κ1) is 14.6. The highest BCUT2D eigenvalue weighted by Crippen LogP contribution is 2.52. The zero-order valence-corrected chi connectivity index (χ0v) is 15.4. The molecule has 1 aromatic heterocycles. The van der Waals surface area contributed by atoms with Gasteiger partial charge in [0.25, 0.3) is 0 Å². The molecule has 0 atom stereocenters. The summed E-state index contributed by atoms with van der Waals surface area (Å²) in [6.45, 7) is 0. The van der Waals surface area contributed by atoms with E-state index in [2.05, 4.69) is 71.6 Å². The van der Waals surface area contributed by atoms with Gasteiger partial charge in [0.1, 0.15) is 0 Å². The summed E-state index contributed by atoms with van der Waals surface area (Å²) in [7, 11) is 0. The molecular weight excluding hydrogens is 340 g/mol. The average molecular weight is 358 g/mol. The van der Waals surface area contributed by atoms with Crippen LogP contribution in [0.15, 0.2) is 72.9 Å². The molecule has 2 aliphatic heterocycles. The van der Waals surface area contributed by atoms with E-state index in [1.165, 1.54) is 61.7 Å². The number of benzene rings is 3. The molecule has 0 saturated heterocycles. The SMILES string of the molecule is c1ccc2c(c1)Cc1cc3c(cc1-2)N1c2ccccc2Cc2nccc(c21)C3. The van der Waals surface area contributed by atoms with Crippen LogP contribution in [-0.2, 0) is 19.3 Å². The fraction of sp³-hybridized carbons (Fsp3) is 0.115. The Bertz CT molecular complexity index is 1300. The van der Waals surface area contributed by atoms with Crippen LogP contribution in [0, 0.1) is 0 Å². The van der Waals surface area contributed by atoms with E-state index >= 15 is 0 Å². The molecule has 28 heavy (non-hydrogen) atoms. The van der Waals surface area contributed by atoms with Crippen molar-refractivity contribution in [3.8, 4) is 11.1 Å². The lowest BCUT2D eigenvalue weighted by Gasteiger charge is -2.39. The van der Waals surface area contributed by atoms with Gasteiger partial charge < -0.3 is 4.90 Å². The third kappa shape index (κ3) is 1.80. The van der Waals surface area contributed by atoms with Gasteiger partial charge in [0.15, 0.2) is 0 Å². The molecule has 7 rings (SSSR count). The van der Waals surface area contributed by atoms with Crippen molar-refractivity contribution < 1.29 is 0 Å². The number of para-hydroxylation sites is 1. The maximum Gasteiger partial charge on any atom is 0.0716 e. The Morgan fingerprint density at radius 1 is 0.607 bits per heavy atom. The lowest BCUT2D eigenvalue weighted by atomic mass is 9.87. The summed E-state index contributed by atoms with van der Waals surface area (Å²) in [6.07, 6.45) is 4.93. The van der Waals surface area contributed by atoms with Crippen molar-refractivity contribution in [2.75, 3.05) is 4.90 Å². The predicted octanol–water partition coefficient (Wildman–Crippen LogP) is 5.93. The van der Waals surface area contributed by atoms with Gasteiger partial charge in [0.2, 0.25) is 0 Å². The molecule has 0 spiro atoms. The number of pyridine rings is 1. The van der Waals surface area contributed by atoms with Gasteiger partial charge in [-0.15, -0.1) is 0 Å². The highest BCUT2D eigenvalue weighted by Gasteiger charge is 2.33. The predicted molar refractivity (Wildman–Crippen MR) is 113 cm³/mol. The first-order chi connectivity index (χ1) is 13.9. The van der Waals surface area contributed by atoms with Gasteiger partial charge in [-0.05, 0) is 63.6 Å². The number of rotatable bonds is 0. The molecule has 132 valence electrons. The molecule has 2 heteroatoms. The second-order valence-corrected chi connectivity index (χ2v) is 8.06. The van der Waals surface area contributed by atoms with Gasteiger partial charge in [0, 0.05) is 24.7 Å². The minimum atomic E-state index is 0.916. The molecule has 0 unspecified atom stereocenters. The Morgan fingerprint density at radius 2 is 1.43 bits per heavy atom. The van der Waals surface area contributed by atoms with E-state index in [9.17, 15) is 0 Å². The largest absolute Gasteiger partial charge is 0.308 e. The van der Waals surface area contributed by atoms with Gasteiger partial charge in [0.05, 0.1) is 17.1 Å². The van der Waals surface area contributed by atoms with Crippen LogP contribution in [0.5, 0.6) is 0 Å². The first-order valence-corrected chi connectivity index (χ1v) is 9.96. The van der Waals surface area contributed by atoms with Gasteiger partial charge in [-0.2, -0.15) is 0 Å². The fourth-order valence-corrected chi connectivity index (χ4v) is 5.30. The number of fused-ring (bicyclic) bond motifs is 7. The van der Waals surface area contributed by atoms with Gasteiger partial charge in [-0.1, -0.05) is 48.5 Å². The Kier molecular flexibility index (Phi) is 2.67. The second-order valence-electron chi connectivity index (χ2n) is 8.06. The van der Waals surface area contributed by atoms with E-state index in [0.29, 0.717) is 0 Å². The topological polar surface area (TPSA) is 16.1 Å². The molecule has 0 bridgehead atoms. The number of hydrogen-bond donors (Lipinski definition) is 0. The number of nitrogens with zero attached hydrogens (tertiary/aromatic N) is 2. The third-order valence-corrected chi connectivity index (χ3v) is 6.51. The van der Waals surface area contributed by atoms with Crippen LogP contribution in [0.3, 0.4) is 0 Å². The van der Waals surface area contributed by atoms with Crippen molar-refractivity contribution in [1.82, 2.24) is 4.98 Å². The summed E-state index contributed by atoms with van der Waals surface area (Å²) in [5.41, 5.74) is 15.0. The molecule has 3 aliphatic rings. The van der Waals surface area contributed by atoms with E-state index in [0.717, 1.165) is 19.3 Å². The van der Waals surface area contributed by atoms with Crippen LogP contribution in [0.4, 0.5) is 17.1 Å². The molecule has 0 radical (unpaired) electrons. The van der Waals surface area contributed by atoms with Crippen molar-refractivity contribution >= 4 is 17.1 Å². The number of hydrogen-bond acceptors (Lipinski definition) is 2. The number of aromatic nitrogens is 1.